The third-order valence-electron chi connectivity index (χ3n) is 8.37. The van der Waals surface area contributed by atoms with E-state index in [9.17, 15) is 19.5 Å². The summed E-state index contributed by atoms with van der Waals surface area (Å²) >= 11 is 0. The fraction of sp³-hybridized carbons (Fsp3) is 0.879. The van der Waals surface area contributed by atoms with Crippen molar-refractivity contribution in [2.45, 2.75) is 167 Å². The number of ether oxygens (including phenoxy) is 1. The molecule has 0 aliphatic heterocycles. The SMILES string of the molecule is CCCCCCCCCCCCCCCCOC(=O)C(CCCN=C(N)N)NC(=O)C(CC1CCC(O)CC1)NC(C)=O. The molecule has 0 aromatic carbocycles. The molecule has 0 heterocycles. The van der Waals surface area contributed by atoms with Crippen LogP contribution in [0.2, 0.25) is 0 Å². The number of esters is 1. The highest BCUT2D eigenvalue weighted by atomic mass is 16.5. The number of aliphatic hydroxyl groups excluding tert-OH is 1. The highest BCUT2D eigenvalue weighted by Crippen LogP contribution is 2.28. The van der Waals surface area contributed by atoms with Gasteiger partial charge in [-0.3, -0.25) is 14.6 Å². The van der Waals surface area contributed by atoms with Crippen LogP contribution in [-0.4, -0.2) is 60.2 Å². The van der Waals surface area contributed by atoms with E-state index < -0.39 is 24.0 Å². The molecule has 2 atom stereocenters. The molecule has 10 heteroatoms. The van der Waals surface area contributed by atoms with Crippen LogP contribution in [0, 0.1) is 5.92 Å². The Balaban J connectivity index is 2.41. The predicted molar refractivity (Wildman–Crippen MR) is 173 cm³/mol. The van der Waals surface area contributed by atoms with Gasteiger partial charge < -0.3 is 31.9 Å². The highest BCUT2D eigenvalue weighted by molar-refractivity contribution is 5.90. The van der Waals surface area contributed by atoms with Crippen molar-refractivity contribution in [3.63, 3.8) is 0 Å². The molecule has 1 saturated carbocycles. The number of aliphatic hydroxyl groups is 1. The first kappa shape index (κ1) is 38.7. The van der Waals surface area contributed by atoms with Crippen LogP contribution < -0.4 is 22.1 Å². The molecular weight excluding hydrogens is 546 g/mol. The smallest absolute Gasteiger partial charge is 0.328 e. The molecule has 0 bridgehead atoms. The fourth-order valence-corrected chi connectivity index (χ4v) is 5.79. The Morgan fingerprint density at radius 3 is 1.84 bits per heavy atom. The minimum absolute atomic E-state index is 0.0238. The van der Waals surface area contributed by atoms with Crippen molar-refractivity contribution in [1.29, 1.82) is 0 Å². The van der Waals surface area contributed by atoms with Crippen molar-refractivity contribution in [2.75, 3.05) is 13.2 Å². The van der Waals surface area contributed by atoms with Gasteiger partial charge in [0.2, 0.25) is 11.8 Å². The number of nitrogens with two attached hydrogens (primary N) is 2. The molecule has 1 fully saturated rings. The topological polar surface area (TPSA) is 169 Å². The monoisotopic (exact) mass is 609 g/mol. The normalized spacial score (nSPS) is 17.9. The number of nitrogens with one attached hydrogen (secondary N) is 2. The van der Waals surface area contributed by atoms with E-state index in [1.165, 1.54) is 77.6 Å². The van der Waals surface area contributed by atoms with E-state index in [-0.39, 0.29) is 23.9 Å². The van der Waals surface area contributed by atoms with Crippen molar-refractivity contribution in [3.8, 4) is 0 Å². The van der Waals surface area contributed by atoms with Gasteiger partial charge in [-0.15, -0.1) is 0 Å². The molecule has 2 unspecified atom stereocenters. The van der Waals surface area contributed by atoms with E-state index in [0.29, 0.717) is 45.3 Å². The lowest BCUT2D eigenvalue weighted by molar-refractivity contribution is -0.148. The molecule has 0 radical (unpaired) electrons. The molecule has 2 amide bonds. The average Bonchev–Trinajstić information content (AvgIpc) is 2.96. The molecule has 1 aliphatic rings. The maximum absolute atomic E-state index is 13.2. The van der Waals surface area contributed by atoms with Gasteiger partial charge in [0.05, 0.1) is 12.7 Å². The van der Waals surface area contributed by atoms with Crippen LogP contribution in [0.4, 0.5) is 0 Å². The average molecular weight is 610 g/mol. The second kappa shape index (κ2) is 25.0. The third kappa shape index (κ3) is 21.1. The van der Waals surface area contributed by atoms with Gasteiger partial charge in [0.15, 0.2) is 5.96 Å². The summed E-state index contributed by atoms with van der Waals surface area (Å²) in [6.45, 7) is 4.28. The van der Waals surface area contributed by atoms with Crippen LogP contribution in [0.25, 0.3) is 0 Å². The zero-order valence-corrected chi connectivity index (χ0v) is 27.3. The standard InChI is InChI=1S/C33H63N5O5/c1-3-4-5-6-7-8-9-10-11-12-13-14-15-16-24-43-32(42)29(18-17-23-36-33(34)35)38-31(41)30(37-26(2)39)25-27-19-21-28(40)22-20-27/h27-30,40H,3-25H2,1-2H3,(H,37,39)(H,38,41)(H4,34,35,36). The van der Waals surface area contributed by atoms with E-state index in [2.05, 4.69) is 22.5 Å². The molecule has 250 valence electrons. The van der Waals surface area contributed by atoms with Gasteiger partial charge in [-0.1, -0.05) is 90.4 Å². The van der Waals surface area contributed by atoms with Crippen molar-refractivity contribution in [1.82, 2.24) is 10.6 Å². The number of amides is 2. The maximum Gasteiger partial charge on any atom is 0.328 e. The number of unbranched alkanes of at least 4 members (excludes halogenated alkanes) is 13. The van der Waals surface area contributed by atoms with Gasteiger partial charge >= 0.3 is 5.97 Å². The summed E-state index contributed by atoms with van der Waals surface area (Å²) in [5, 5.41) is 15.4. The zero-order chi connectivity index (χ0) is 31.7. The quantitative estimate of drug-likeness (QED) is 0.0420. The van der Waals surface area contributed by atoms with Crippen LogP contribution >= 0.6 is 0 Å². The predicted octanol–water partition coefficient (Wildman–Crippen LogP) is 5.00. The van der Waals surface area contributed by atoms with Crippen molar-refractivity contribution >= 4 is 23.7 Å². The van der Waals surface area contributed by atoms with E-state index in [1.54, 1.807) is 0 Å². The van der Waals surface area contributed by atoms with E-state index in [4.69, 9.17) is 16.2 Å². The number of carbonyl (C=O) groups excluding carboxylic acids is 3. The van der Waals surface area contributed by atoms with Gasteiger partial charge in [0.25, 0.3) is 0 Å². The lowest BCUT2D eigenvalue weighted by atomic mass is 9.83. The van der Waals surface area contributed by atoms with Crippen molar-refractivity contribution in [2.24, 2.45) is 22.4 Å². The number of nitrogens with zero attached hydrogens (tertiary/aromatic N) is 1. The zero-order valence-electron chi connectivity index (χ0n) is 27.3. The summed E-state index contributed by atoms with van der Waals surface area (Å²) in [5.74, 6) is -0.986. The Kier molecular flexibility index (Phi) is 22.5. The Bertz CT molecular complexity index is 782. The molecule has 7 N–H and O–H groups in total. The number of aliphatic imine (C=N–C) groups is 1. The lowest BCUT2D eigenvalue weighted by Gasteiger charge is -2.29. The van der Waals surface area contributed by atoms with Crippen LogP contribution in [0.3, 0.4) is 0 Å². The van der Waals surface area contributed by atoms with Crippen molar-refractivity contribution < 1.29 is 24.2 Å². The van der Waals surface area contributed by atoms with Gasteiger partial charge in [0, 0.05) is 13.5 Å². The summed E-state index contributed by atoms with van der Waals surface area (Å²) < 4.78 is 5.56. The summed E-state index contributed by atoms with van der Waals surface area (Å²) in [5.41, 5.74) is 10.8. The third-order valence-corrected chi connectivity index (χ3v) is 8.37. The van der Waals surface area contributed by atoms with Gasteiger partial charge in [-0.05, 0) is 57.3 Å². The molecule has 0 aromatic rings. The molecule has 0 spiro atoms. The Labute approximate surface area is 260 Å². The maximum atomic E-state index is 13.2. The number of hydrogen-bond acceptors (Lipinski definition) is 6. The minimum atomic E-state index is -0.849. The molecule has 10 nitrogen and oxygen atoms in total. The summed E-state index contributed by atoms with van der Waals surface area (Å²) in [4.78, 5) is 42.0. The highest BCUT2D eigenvalue weighted by Gasteiger charge is 2.30. The van der Waals surface area contributed by atoms with E-state index in [1.807, 2.05) is 0 Å². The molecule has 0 aromatic heterocycles. The van der Waals surface area contributed by atoms with Gasteiger partial charge in [-0.25, -0.2) is 4.79 Å². The van der Waals surface area contributed by atoms with Gasteiger partial charge in [0.1, 0.15) is 12.1 Å². The Morgan fingerprint density at radius 1 is 0.791 bits per heavy atom. The lowest BCUT2D eigenvalue weighted by Crippen LogP contribution is -2.52. The van der Waals surface area contributed by atoms with Crippen molar-refractivity contribution in [3.05, 3.63) is 0 Å². The Hall–Kier alpha value is -2.36. The largest absolute Gasteiger partial charge is 0.464 e. The summed E-state index contributed by atoms with van der Waals surface area (Å²) in [6, 6.07) is -1.60. The van der Waals surface area contributed by atoms with E-state index in [0.717, 1.165) is 32.1 Å². The van der Waals surface area contributed by atoms with E-state index >= 15 is 0 Å². The van der Waals surface area contributed by atoms with Gasteiger partial charge in [-0.2, -0.15) is 0 Å². The molecule has 1 aliphatic carbocycles. The minimum Gasteiger partial charge on any atom is -0.464 e. The Morgan fingerprint density at radius 2 is 1.33 bits per heavy atom. The number of guanidine groups is 1. The van der Waals surface area contributed by atoms with Crippen LogP contribution in [0.5, 0.6) is 0 Å². The second-order valence-electron chi connectivity index (χ2n) is 12.4. The molecular formula is C33H63N5O5. The molecule has 1 rings (SSSR count). The first-order chi connectivity index (χ1) is 20.7. The first-order valence-corrected chi connectivity index (χ1v) is 17.2. The number of hydrogen-bond donors (Lipinski definition) is 5. The fourth-order valence-electron chi connectivity index (χ4n) is 5.79. The molecule has 0 saturated heterocycles. The number of rotatable bonds is 25. The van der Waals surface area contributed by atoms with Crippen LogP contribution in [-0.2, 0) is 19.1 Å². The molecule has 43 heavy (non-hydrogen) atoms. The first-order valence-electron chi connectivity index (χ1n) is 17.2. The van der Waals surface area contributed by atoms with Crippen LogP contribution in [0.15, 0.2) is 4.99 Å². The second-order valence-corrected chi connectivity index (χ2v) is 12.4. The summed E-state index contributed by atoms with van der Waals surface area (Å²) in [7, 11) is 0. The summed E-state index contributed by atoms with van der Waals surface area (Å²) in [6.07, 6.45) is 21.5. The number of carbonyl (C=O) groups is 3. The van der Waals surface area contributed by atoms with Crippen LogP contribution in [0.1, 0.15) is 149 Å².